The summed E-state index contributed by atoms with van der Waals surface area (Å²) in [5, 5.41) is 0.550. The van der Waals surface area contributed by atoms with Crippen molar-refractivity contribution in [1.82, 2.24) is 0 Å². The molecule has 0 amide bonds. The van der Waals surface area contributed by atoms with Gasteiger partial charge in [0, 0.05) is 16.5 Å². The fourth-order valence-corrected chi connectivity index (χ4v) is 3.56. The van der Waals surface area contributed by atoms with Gasteiger partial charge in [-0.3, -0.25) is 14.4 Å². The number of aldehydes is 2. The van der Waals surface area contributed by atoms with Gasteiger partial charge in [0.25, 0.3) is 0 Å². The molecule has 0 aliphatic carbocycles. The number of furan rings is 1. The van der Waals surface area contributed by atoms with Crippen LogP contribution in [-0.4, -0.2) is 25.7 Å². The van der Waals surface area contributed by atoms with Crippen LogP contribution in [0.3, 0.4) is 0 Å². The molecule has 31 heavy (non-hydrogen) atoms. The molecule has 0 bridgehead atoms. The number of esters is 1. The molecule has 154 valence electrons. The minimum Gasteiger partial charge on any atom is -0.469 e. The Morgan fingerprint density at radius 1 is 1.00 bits per heavy atom. The molecular weight excluding hydrogens is 399 g/mol. The highest BCUT2D eigenvalue weighted by molar-refractivity contribution is 6.04. The van der Waals surface area contributed by atoms with Crippen molar-refractivity contribution in [2.24, 2.45) is 0 Å². The molecule has 4 aromatic rings. The highest BCUT2D eigenvalue weighted by Crippen LogP contribution is 2.37. The summed E-state index contributed by atoms with van der Waals surface area (Å²) in [5.41, 5.74) is 3.78. The average Bonchev–Trinajstić information content (AvgIpc) is 3.16. The Hall–Kier alpha value is -4.06. The van der Waals surface area contributed by atoms with Crippen LogP contribution in [0.4, 0.5) is 4.39 Å². The molecular formula is C25H17FO5. The molecule has 0 aliphatic heterocycles. The molecule has 6 heteroatoms. The minimum absolute atomic E-state index is 0.0178. The molecule has 5 nitrogen and oxygen atoms in total. The van der Waals surface area contributed by atoms with E-state index in [2.05, 4.69) is 0 Å². The Labute approximate surface area is 177 Å². The van der Waals surface area contributed by atoms with Crippen LogP contribution < -0.4 is 0 Å². The van der Waals surface area contributed by atoms with Gasteiger partial charge in [-0.1, -0.05) is 18.2 Å². The number of carbonyl (C=O) groups excluding carboxylic acids is 3. The van der Waals surface area contributed by atoms with E-state index in [0.29, 0.717) is 56.4 Å². The van der Waals surface area contributed by atoms with Crippen LogP contribution in [-0.2, 0) is 16.0 Å². The van der Waals surface area contributed by atoms with Crippen molar-refractivity contribution < 1.29 is 27.9 Å². The standard InChI is InChI=1S/C25H17FO5/c1-30-24(29)11-18-10-23-21(12-20(18)17-4-2-3-15(9-17)13-27)22(14-28)25(31-23)16-5-7-19(26)8-6-16/h2-10,12-14H,11H2,1H3. The average molecular weight is 416 g/mol. The molecule has 0 saturated heterocycles. The summed E-state index contributed by atoms with van der Waals surface area (Å²) in [6.45, 7) is 0. The monoisotopic (exact) mass is 416 g/mol. The van der Waals surface area contributed by atoms with Crippen molar-refractivity contribution in [3.8, 4) is 22.5 Å². The highest BCUT2D eigenvalue weighted by atomic mass is 19.1. The lowest BCUT2D eigenvalue weighted by molar-refractivity contribution is -0.139. The van der Waals surface area contributed by atoms with Crippen molar-refractivity contribution in [3.05, 3.63) is 83.2 Å². The van der Waals surface area contributed by atoms with E-state index in [4.69, 9.17) is 9.15 Å². The molecule has 0 saturated carbocycles. The zero-order valence-electron chi connectivity index (χ0n) is 16.6. The number of methoxy groups -OCH3 is 1. The smallest absolute Gasteiger partial charge is 0.310 e. The van der Waals surface area contributed by atoms with E-state index in [0.717, 1.165) is 6.29 Å². The Morgan fingerprint density at radius 2 is 1.77 bits per heavy atom. The first kappa shape index (κ1) is 20.2. The van der Waals surface area contributed by atoms with Gasteiger partial charge < -0.3 is 9.15 Å². The predicted octanol–water partition coefficient (Wildman–Crippen LogP) is 5.25. The SMILES string of the molecule is COC(=O)Cc1cc2oc(-c3ccc(F)cc3)c(C=O)c2cc1-c1cccc(C=O)c1. The van der Waals surface area contributed by atoms with Crippen LogP contribution in [0.1, 0.15) is 26.3 Å². The maximum absolute atomic E-state index is 13.3. The Bertz CT molecular complexity index is 1300. The fraction of sp³-hybridized carbons (Fsp3) is 0.0800. The molecule has 1 heterocycles. The zero-order valence-corrected chi connectivity index (χ0v) is 16.6. The van der Waals surface area contributed by atoms with Crippen molar-refractivity contribution in [3.63, 3.8) is 0 Å². The van der Waals surface area contributed by atoms with Crippen LogP contribution in [0, 0.1) is 5.82 Å². The summed E-state index contributed by atoms with van der Waals surface area (Å²) in [4.78, 5) is 35.2. The van der Waals surface area contributed by atoms with Crippen LogP contribution in [0.2, 0.25) is 0 Å². The zero-order chi connectivity index (χ0) is 22.0. The molecule has 0 unspecified atom stereocenters. The molecule has 0 atom stereocenters. The van der Waals surface area contributed by atoms with Gasteiger partial charge in [0.05, 0.1) is 19.1 Å². The summed E-state index contributed by atoms with van der Waals surface area (Å²) in [7, 11) is 1.30. The molecule has 0 fully saturated rings. The second-order valence-electron chi connectivity index (χ2n) is 6.97. The minimum atomic E-state index is -0.437. The third kappa shape index (κ3) is 3.88. The van der Waals surface area contributed by atoms with Crippen LogP contribution >= 0.6 is 0 Å². The van der Waals surface area contributed by atoms with Gasteiger partial charge in [-0.2, -0.15) is 0 Å². The Kier molecular flexibility index (Phi) is 5.45. The summed E-state index contributed by atoms with van der Waals surface area (Å²) in [6.07, 6.45) is 1.41. The number of halogens is 1. The third-order valence-electron chi connectivity index (χ3n) is 5.07. The molecule has 0 spiro atoms. The topological polar surface area (TPSA) is 73.6 Å². The van der Waals surface area contributed by atoms with E-state index >= 15 is 0 Å². The lowest BCUT2D eigenvalue weighted by Crippen LogP contribution is -2.05. The van der Waals surface area contributed by atoms with Gasteiger partial charge in [-0.05, 0) is 59.2 Å². The third-order valence-corrected chi connectivity index (χ3v) is 5.07. The predicted molar refractivity (Wildman–Crippen MR) is 114 cm³/mol. The van der Waals surface area contributed by atoms with Gasteiger partial charge in [-0.15, -0.1) is 0 Å². The number of benzene rings is 3. The van der Waals surface area contributed by atoms with E-state index in [9.17, 15) is 18.8 Å². The fourth-order valence-electron chi connectivity index (χ4n) is 3.56. The number of carbonyl (C=O) groups is 3. The summed E-state index contributed by atoms with van der Waals surface area (Å²) in [5.74, 6) is -0.522. The van der Waals surface area contributed by atoms with Crippen molar-refractivity contribution in [2.45, 2.75) is 6.42 Å². The number of fused-ring (bicyclic) bond motifs is 1. The van der Waals surface area contributed by atoms with E-state index in [1.807, 2.05) is 6.07 Å². The maximum Gasteiger partial charge on any atom is 0.310 e. The molecule has 0 aliphatic rings. The van der Waals surface area contributed by atoms with Crippen molar-refractivity contribution >= 4 is 29.5 Å². The number of rotatable bonds is 6. The van der Waals surface area contributed by atoms with Gasteiger partial charge in [-0.25, -0.2) is 4.39 Å². The molecule has 3 aromatic carbocycles. The van der Waals surface area contributed by atoms with Gasteiger partial charge in [0.15, 0.2) is 6.29 Å². The lowest BCUT2D eigenvalue weighted by Gasteiger charge is -2.10. The Morgan fingerprint density at radius 3 is 2.45 bits per heavy atom. The maximum atomic E-state index is 13.3. The highest BCUT2D eigenvalue weighted by Gasteiger charge is 2.20. The first-order valence-electron chi connectivity index (χ1n) is 9.47. The summed E-state index contributed by atoms with van der Waals surface area (Å²) >= 11 is 0. The quantitative estimate of drug-likeness (QED) is 0.317. The molecule has 0 radical (unpaired) electrons. The van der Waals surface area contributed by atoms with Crippen molar-refractivity contribution in [1.29, 1.82) is 0 Å². The number of hydrogen-bond acceptors (Lipinski definition) is 5. The number of ether oxygens (including phenoxy) is 1. The van der Waals surface area contributed by atoms with Gasteiger partial charge in [0.2, 0.25) is 0 Å². The second kappa shape index (κ2) is 8.36. The summed E-state index contributed by atoms with van der Waals surface area (Å²) in [6, 6.07) is 16.0. The number of hydrogen-bond donors (Lipinski definition) is 0. The van der Waals surface area contributed by atoms with Gasteiger partial charge >= 0.3 is 5.97 Å². The van der Waals surface area contributed by atoms with E-state index in [1.54, 1.807) is 30.3 Å². The molecule has 0 N–H and O–H groups in total. The second-order valence-corrected chi connectivity index (χ2v) is 6.97. The largest absolute Gasteiger partial charge is 0.469 e. The van der Waals surface area contributed by atoms with E-state index < -0.39 is 11.8 Å². The van der Waals surface area contributed by atoms with E-state index in [1.165, 1.54) is 31.4 Å². The normalized spacial score (nSPS) is 10.8. The van der Waals surface area contributed by atoms with Crippen LogP contribution in [0.5, 0.6) is 0 Å². The van der Waals surface area contributed by atoms with Gasteiger partial charge in [0.1, 0.15) is 23.4 Å². The molecule has 4 rings (SSSR count). The Balaban J connectivity index is 1.97. The first-order valence-corrected chi connectivity index (χ1v) is 9.47. The van der Waals surface area contributed by atoms with Crippen LogP contribution in [0.25, 0.3) is 33.4 Å². The van der Waals surface area contributed by atoms with Crippen molar-refractivity contribution in [2.75, 3.05) is 7.11 Å². The molecule has 1 aromatic heterocycles. The first-order chi connectivity index (χ1) is 15.0. The van der Waals surface area contributed by atoms with E-state index in [-0.39, 0.29) is 6.42 Å². The summed E-state index contributed by atoms with van der Waals surface area (Å²) < 4.78 is 24.1. The van der Waals surface area contributed by atoms with Crippen LogP contribution in [0.15, 0.2) is 65.1 Å². The lowest BCUT2D eigenvalue weighted by atomic mass is 9.94.